The Morgan fingerprint density at radius 3 is 2.52 bits per heavy atom. The first-order valence-corrected chi connectivity index (χ1v) is 12.4. The van der Waals surface area contributed by atoms with Gasteiger partial charge in [-0.05, 0) is 56.9 Å². The van der Waals surface area contributed by atoms with E-state index in [-0.39, 0.29) is 23.9 Å². The first-order valence-electron chi connectivity index (χ1n) is 11.6. The maximum Gasteiger partial charge on any atom is 0.261 e. The van der Waals surface area contributed by atoms with E-state index in [2.05, 4.69) is 10.2 Å². The number of piperidine rings is 1. The zero-order valence-electron chi connectivity index (χ0n) is 19.6. The second-order valence-corrected chi connectivity index (χ2v) is 10.1. The molecule has 0 radical (unpaired) electrons. The number of hydrogen-bond acceptors (Lipinski definition) is 6. The molecule has 0 spiro atoms. The zero-order valence-corrected chi connectivity index (χ0v) is 20.5. The summed E-state index contributed by atoms with van der Waals surface area (Å²) in [5, 5.41) is 3.15. The molecule has 7 nitrogen and oxygen atoms in total. The summed E-state index contributed by atoms with van der Waals surface area (Å²) < 4.78 is 10.9. The number of carbonyl (C=O) groups excluding carboxylic acids is 2. The molecule has 2 aliphatic heterocycles. The second-order valence-electron chi connectivity index (χ2n) is 8.79. The topological polar surface area (TPSA) is 71.1 Å². The lowest BCUT2D eigenvalue weighted by Gasteiger charge is -2.34. The van der Waals surface area contributed by atoms with Crippen molar-refractivity contribution in [1.29, 1.82) is 0 Å². The Morgan fingerprint density at radius 2 is 1.85 bits per heavy atom. The average molecular weight is 472 g/mol. The summed E-state index contributed by atoms with van der Waals surface area (Å²) in [6.07, 6.45) is 3.64. The SMILES string of the molecule is COc1ccc(C2CCCN2C(=O)CN2CCC(NC(=O)c3ccc(C)s3)CC2)c(OC)c1. The first-order chi connectivity index (χ1) is 16.0. The van der Waals surface area contributed by atoms with Gasteiger partial charge in [0.15, 0.2) is 0 Å². The van der Waals surface area contributed by atoms with Gasteiger partial charge in [-0.25, -0.2) is 0 Å². The van der Waals surface area contributed by atoms with Gasteiger partial charge in [-0.15, -0.1) is 11.3 Å². The molecule has 4 rings (SSSR count). The summed E-state index contributed by atoms with van der Waals surface area (Å²) in [4.78, 5) is 31.8. The van der Waals surface area contributed by atoms with Gasteiger partial charge in [0.25, 0.3) is 5.91 Å². The maximum atomic E-state index is 13.2. The molecule has 2 amide bonds. The number of thiophene rings is 1. The van der Waals surface area contributed by atoms with Crippen LogP contribution in [0.3, 0.4) is 0 Å². The third-order valence-corrected chi connectivity index (χ3v) is 7.62. The zero-order chi connectivity index (χ0) is 23.4. The highest BCUT2D eigenvalue weighted by Gasteiger charge is 2.33. The maximum absolute atomic E-state index is 13.2. The van der Waals surface area contributed by atoms with Crippen molar-refractivity contribution in [2.24, 2.45) is 0 Å². The van der Waals surface area contributed by atoms with Gasteiger partial charge in [0.2, 0.25) is 5.91 Å². The molecule has 0 saturated carbocycles. The van der Waals surface area contributed by atoms with Crippen molar-refractivity contribution in [3.8, 4) is 11.5 Å². The molecule has 8 heteroatoms. The molecule has 0 bridgehead atoms. The summed E-state index contributed by atoms with van der Waals surface area (Å²) in [5.74, 6) is 1.68. The van der Waals surface area contributed by atoms with E-state index in [0.29, 0.717) is 6.54 Å². The van der Waals surface area contributed by atoms with E-state index >= 15 is 0 Å². The van der Waals surface area contributed by atoms with Crippen molar-refractivity contribution in [2.45, 2.75) is 44.7 Å². The van der Waals surface area contributed by atoms with Gasteiger partial charge in [-0.2, -0.15) is 0 Å². The van der Waals surface area contributed by atoms with Crippen molar-refractivity contribution in [3.63, 3.8) is 0 Å². The fourth-order valence-electron chi connectivity index (χ4n) is 4.81. The molecule has 1 aromatic carbocycles. The minimum atomic E-state index is 0.0102. The van der Waals surface area contributed by atoms with Crippen LogP contribution in [0.1, 0.15) is 51.8 Å². The van der Waals surface area contributed by atoms with Gasteiger partial charge in [0.05, 0.1) is 31.7 Å². The Balaban J connectivity index is 1.31. The fourth-order valence-corrected chi connectivity index (χ4v) is 5.58. The van der Waals surface area contributed by atoms with Gasteiger partial charge >= 0.3 is 0 Å². The van der Waals surface area contributed by atoms with Crippen LogP contribution in [0.25, 0.3) is 0 Å². The number of benzene rings is 1. The number of amides is 2. The van der Waals surface area contributed by atoms with E-state index < -0.39 is 0 Å². The summed E-state index contributed by atoms with van der Waals surface area (Å²) in [6.45, 7) is 4.81. The van der Waals surface area contributed by atoms with E-state index in [4.69, 9.17) is 9.47 Å². The Bertz CT molecular complexity index is 984. The van der Waals surface area contributed by atoms with Crippen LogP contribution in [0.5, 0.6) is 11.5 Å². The van der Waals surface area contributed by atoms with Gasteiger partial charge < -0.3 is 19.7 Å². The predicted octanol–water partition coefficient (Wildman–Crippen LogP) is 3.63. The van der Waals surface area contributed by atoms with Crippen molar-refractivity contribution in [2.75, 3.05) is 40.4 Å². The molecular formula is C25H33N3O4S. The number of hydrogen-bond donors (Lipinski definition) is 1. The highest BCUT2D eigenvalue weighted by molar-refractivity contribution is 7.13. The molecule has 3 heterocycles. The number of aryl methyl sites for hydroxylation is 1. The molecular weight excluding hydrogens is 438 g/mol. The molecule has 1 atom stereocenters. The highest BCUT2D eigenvalue weighted by Crippen LogP contribution is 2.38. The van der Waals surface area contributed by atoms with E-state index in [1.807, 2.05) is 42.2 Å². The van der Waals surface area contributed by atoms with Gasteiger partial charge in [-0.1, -0.05) is 0 Å². The van der Waals surface area contributed by atoms with Crippen molar-refractivity contribution in [1.82, 2.24) is 15.1 Å². The monoisotopic (exact) mass is 471 g/mol. The van der Waals surface area contributed by atoms with Crippen molar-refractivity contribution >= 4 is 23.2 Å². The van der Waals surface area contributed by atoms with Gasteiger partial charge in [0.1, 0.15) is 11.5 Å². The molecule has 2 saturated heterocycles. The van der Waals surface area contributed by atoms with Crippen LogP contribution in [-0.4, -0.2) is 68.1 Å². The summed E-state index contributed by atoms with van der Waals surface area (Å²) in [6, 6.07) is 9.87. The van der Waals surface area contributed by atoms with Crippen LogP contribution in [-0.2, 0) is 4.79 Å². The smallest absolute Gasteiger partial charge is 0.261 e. The van der Waals surface area contributed by atoms with Crippen LogP contribution in [0.15, 0.2) is 30.3 Å². The third-order valence-electron chi connectivity index (χ3n) is 6.62. The quantitative estimate of drug-likeness (QED) is 0.668. The Labute approximate surface area is 199 Å². The molecule has 2 aliphatic rings. The van der Waals surface area contributed by atoms with Gasteiger partial charge in [0, 0.05) is 42.2 Å². The van der Waals surface area contributed by atoms with Crippen molar-refractivity contribution < 1.29 is 19.1 Å². The van der Waals surface area contributed by atoms with E-state index in [1.54, 1.807) is 14.2 Å². The standard InChI is InChI=1S/C25H33N3O4S/c1-17-6-9-23(33-17)25(30)26-18-10-13-27(14-11-18)16-24(29)28-12-4-5-21(28)20-8-7-19(31-2)15-22(20)32-3/h6-9,15,18,21H,4-5,10-14,16H2,1-3H3,(H,26,30). The summed E-state index contributed by atoms with van der Waals surface area (Å²) >= 11 is 1.52. The molecule has 2 fully saturated rings. The number of carbonyl (C=O) groups is 2. The lowest BCUT2D eigenvalue weighted by Crippen LogP contribution is -2.48. The molecule has 1 N–H and O–H groups in total. The molecule has 178 valence electrons. The molecule has 2 aromatic rings. The van der Waals surface area contributed by atoms with Gasteiger partial charge in [-0.3, -0.25) is 14.5 Å². The minimum Gasteiger partial charge on any atom is -0.497 e. The lowest BCUT2D eigenvalue weighted by molar-refractivity contribution is -0.133. The van der Waals surface area contributed by atoms with E-state index in [0.717, 1.165) is 72.1 Å². The highest BCUT2D eigenvalue weighted by atomic mass is 32.1. The average Bonchev–Trinajstić information content (AvgIpc) is 3.49. The second kappa shape index (κ2) is 10.6. The first kappa shape index (κ1) is 23.6. The normalized spacial score (nSPS) is 19.5. The third kappa shape index (κ3) is 5.50. The molecule has 0 aliphatic carbocycles. The number of likely N-dealkylation sites (tertiary alicyclic amines) is 2. The van der Waals surface area contributed by atoms with E-state index in [9.17, 15) is 9.59 Å². The van der Waals surface area contributed by atoms with Crippen molar-refractivity contribution in [3.05, 3.63) is 45.6 Å². The number of methoxy groups -OCH3 is 2. The summed E-state index contributed by atoms with van der Waals surface area (Å²) in [7, 11) is 3.29. The number of nitrogens with zero attached hydrogens (tertiary/aromatic N) is 2. The van der Waals surface area contributed by atoms with Crippen LogP contribution in [0.2, 0.25) is 0 Å². The van der Waals surface area contributed by atoms with Crippen LogP contribution < -0.4 is 14.8 Å². The van der Waals surface area contributed by atoms with Crippen LogP contribution >= 0.6 is 11.3 Å². The molecule has 33 heavy (non-hydrogen) atoms. The molecule has 1 unspecified atom stereocenters. The van der Waals surface area contributed by atoms with Crippen LogP contribution in [0.4, 0.5) is 0 Å². The largest absolute Gasteiger partial charge is 0.497 e. The molecule has 1 aromatic heterocycles. The van der Waals surface area contributed by atoms with E-state index in [1.165, 1.54) is 11.3 Å². The Kier molecular flexibility index (Phi) is 7.55. The predicted molar refractivity (Wildman–Crippen MR) is 129 cm³/mol. The Hall–Kier alpha value is -2.58. The van der Waals surface area contributed by atoms with Crippen LogP contribution in [0, 0.1) is 6.92 Å². The summed E-state index contributed by atoms with van der Waals surface area (Å²) in [5.41, 5.74) is 1.04. The minimum absolute atomic E-state index is 0.0102. The number of nitrogens with one attached hydrogen (secondary N) is 1. The Morgan fingerprint density at radius 1 is 1.06 bits per heavy atom. The number of rotatable bonds is 7. The lowest BCUT2D eigenvalue weighted by atomic mass is 10.0. The number of ether oxygens (including phenoxy) is 2. The fraction of sp³-hybridized carbons (Fsp3) is 0.520.